The smallest absolute Gasteiger partial charge is 0.144 e. The van der Waals surface area contributed by atoms with Crippen molar-refractivity contribution in [3.05, 3.63) is 24.1 Å². The number of rotatable bonds is 0. The summed E-state index contributed by atoms with van der Waals surface area (Å²) in [5.74, 6) is 0. The Bertz CT molecular complexity index is 525. The molecule has 62 valence electrons. The van der Waals surface area contributed by atoms with E-state index in [1.54, 1.807) is 11.7 Å². The van der Waals surface area contributed by atoms with E-state index in [1.807, 2.05) is 6.07 Å². The van der Waals surface area contributed by atoms with Gasteiger partial charge in [0.05, 0.1) is 17.2 Å². The maximum atomic E-state index is 4.37. The molecule has 5 heteroatoms. The Morgan fingerprint density at radius 2 is 2.08 bits per heavy atom. The number of pyridine rings is 1. The first-order valence-corrected chi connectivity index (χ1v) is 4.61. The lowest BCUT2D eigenvalue weighted by atomic mass is 10.3. The predicted octanol–water partition coefficient (Wildman–Crippen LogP) is 1.63. The van der Waals surface area contributed by atoms with Gasteiger partial charge < -0.3 is 0 Å². The molecule has 0 atom stereocenters. The molecule has 0 fully saturated rings. The van der Waals surface area contributed by atoms with Gasteiger partial charge in [-0.3, -0.25) is 0 Å². The third-order valence-corrected chi connectivity index (χ3v) is 2.53. The molecule has 0 bridgehead atoms. The standard InChI is InChI=1S/C8H4N4S/c1-5-7(2-9-3-10-5)12-8-6(1)11-4-13-8/h1-4H. The zero-order valence-electron chi connectivity index (χ0n) is 6.51. The molecule has 0 unspecified atom stereocenters. The minimum Gasteiger partial charge on any atom is -0.243 e. The summed E-state index contributed by atoms with van der Waals surface area (Å²) in [4.78, 5) is 17.5. The average Bonchev–Trinajstić information content (AvgIpc) is 2.61. The highest BCUT2D eigenvalue weighted by atomic mass is 32.1. The largest absolute Gasteiger partial charge is 0.243 e. The fourth-order valence-electron chi connectivity index (χ4n) is 1.20. The van der Waals surface area contributed by atoms with Crippen molar-refractivity contribution in [1.82, 2.24) is 19.9 Å². The number of thiazole rings is 1. The van der Waals surface area contributed by atoms with Crippen molar-refractivity contribution in [3.63, 3.8) is 0 Å². The summed E-state index contributed by atoms with van der Waals surface area (Å²) in [7, 11) is 0. The van der Waals surface area contributed by atoms with E-state index in [4.69, 9.17) is 0 Å². The maximum absolute atomic E-state index is 4.37. The van der Waals surface area contributed by atoms with Crippen LogP contribution in [0.15, 0.2) is 24.1 Å². The summed E-state index contributed by atoms with van der Waals surface area (Å²) in [6, 6.07) is 1.93. The van der Waals surface area contributed by atoms with E-state index in [1.165, 1.54) is 17.7 Å². The average molecular weight is 188 g/mol. The molecule has 0 radical (unpaired) electrons. The van der Waals surface area contributed by atoms with Gasteiger partial charge in [-0.2, -0.15) is 0 Å². The van der Waals surface area contributed by atoms with Gasteiger partial charge in [-0.1, -0.05) is 0 Å². The van der Waals surface area contributed by atoms with Gasteiger partial charge in [-0.15, -0.1) is 11.3 Å². The quantitative estimate of drug-likeness (QED) is 0.538. The normalized spacial score (nSPS) is 11.1. The van der Waals surface area contributed by atoms with Gasteiger partial charge in [0.15, 0.2) is 0 Å². The van der Waals surface area contributed by atoms with Crippen molar-refractivity contribution in [2.75, 3.05) is 0 Å². The van der Waals surface area contributed by atoms with Gasteiger partial charge in [-0.25, -0.2) is 19.9 Å². The van der Waals surface area contributed by atoms with E-state index in [0.717, 1.165) is 21.4 Å². The van der Waals surface area contributed by atoms with Crippen LogP contribution < -0.4 is 0 Å². The first kappa shape index (κ1) is 6.85. The Hall–Kier alpha value is -1.62. The van der Waals surface area contributed by atoms with Gasteiger partial charge in [0, 0.05) is 0 Å². The summed E-state index contributed by atoms with van der Waals surface area (Å²) in [5.41, 5.74) is 4.34. The second-order valence-electron chi connectivity index (χ2n) is 2.59. The highest BCUT2D eigenvalue weighted by Crippen LogP contribution is 2.18. The fourth-order valence-corrected chi connectivity index (χ4v) is 1.85. The number of aromatic nitrogens is 4. The van der Waals surface area contributed by atoms with Gasteiger partial charge in [0.25, 0.3) is 0 Å². The van der Waals surface area contributed by atoms with E-state index in [-0.39, 0.29) is 0 Å². The summed E-state index contributed by atoms with van der Waals surface area (Å²) < 4.78 is 0. The topological polar surface area (TPSA) is 51.6 Å². The first-order chi connectivity index (χ1) is 6.43. The Morgan fingerprint density at radius 1 is 1.08 bits per heavy atom. The monoisotopic (exact) mass is 188 g/mol. The maximum Gasteiger partial charge on any atom is 0.144 e. The zero-order chi connectivity index (χ0) is 8.67. The SMILES string of the molecule is c1ncc2nc3scnc3cc2n1. The highest BCUT2D eigenvalue weighted by Gasteiger charge is 2.01. The van der Waals surface area contributed by atoms with E-state index >= 15 is 0 Å². The Labute approximate surface area is 77.3 Å². The molecule has 0 spiro atoms. The van der Waals surface area contributed by atoms with Gasteiger partial charge in [0.2, 0.25) is 0 Å². The first-order valence-electron chi connectivity index (χ1n) is 3.73. The van der Waals surface area contributed by atoms with E-state index in [9.17, 15) is 0 Å². The third-order valence-electron chi connectivity index (χ3n) is 1.79. The van der Waals surface area contributed by atoms with Crippen LogP contribution in [-0.2, 0) is 0 Å². The second-order valence-corrected chi connectivity index (χ2v) is 3.43. The molecule has 3 aromatic rings. The van der Waals surface area contributed by atoms with E-state index < -0.39 is 0 Å². The zero-order valence-corrected chi connectivity index (χ0v) is 7.32. The van der Waals surface area contributed by atoms with Gasteiger partial charge in [0.1, 0.15) is 22.2 Å². The number of hydrogen-bond acceptors (Lipinski definition) is 5. The summed E-state index contributed by atoms with van der Waals surface area (Å²) in [5, 5.41) is 0. The number of hydrogen-bond donors (Lipinski definition) is 0. The van der Waals surface area contributed by atoms with E-state index in [2.05, 4.69) is 19.9 Å². The number of nitrogens with zero attached hydrogens (tertiary/aromatic N) is 4. The Morgan fingerprint density at radius 3 is 3.08 bits per heavy atom. The van der Waals surface area contributed by atoms with Gasteiger partial charge in [-0.05, 0) is 6.07 Å². The van der Waals surface area contributed by atoms with Crippen molar-refractivity contribution in [2.24, 2.45) is 0 Å². The van der Waals surface area contributed by atoms with Crippen LogP contribution in [0.2, 0.25) is 0 Å². The minimum absolute atomic E-state index is 0.819. The molecule has 0 saturated carbocycles. The predicted molar refractivity (Wildman–Crippen MR) is 50.5 cm³/mol. The van der Waals surface area contributed by atoms with Crippen LogP contribution >= 0.6 is 11.3 Å². The van der Waals surface area contributed by atoms with Crippen LogP contribution in [0.5, 0.6) is 0 Å². The lowest BCUT2D eigenvalue weighted by Crippen LogP contribution is -1.84. The molecule has 0 aliphatic carbocycles. The molecule has 4 nitrogen and oxygen atoms in total. The van der Waals surface area contributed by atoms with Crippen molar-refractivity contribution in [1.29, 1.82) is 0 Å². The fraction of sp³-hybridized carbons (Fsp3) is 0. The molecule has 3 heterocycles. The lowest BCUT2D eigenvalue weighted by Gasteiger charge is -1.93. The van der Waals surface area contributed by atoms with Crippen molar-refractivity contribution >= 4 is 32.7 Å². The number of fused-ring (bicyclic) bond motifs is 2. The molecule has 3 aromatic heterocycles. The second kappa shape index (κ2) is 2.43. The molecule has 0 amide bonds. The van der Waals surface area contributed by atoms with Crippen LogP contribution in [-0.4, -0.2) is 19.9 Å². The van der Waals surface area contributed by atoms with Crippen LogP contribution in [0.25, 0.3) is 21.4 Å². The van der Waals surface area contributed by atoms with E-state index in [0.29, 0.717) is 0 Å². The molecule has 0 saturated heterocycles. The van der Waals surface area contributed by atoms with Crippen LogP contribution in [0.1, 0.15) is 0 Å². The molecular weight excluding hydrogens is 184 g/mol. The Kier molecular flexibility index (Phi) is 1.28. The molecule has 3 rings (SSSR count). The van der Waals surface area contributed by atoms with Crippen molar-refractivity contribution < 1.29 is 0 Å². The molecule has 0 aliphatic rings. The van der Waals surface area contributed by atoms with Crippen molar-refractivity contribution in [3.8, 4) is 0 Å². The minimum atomic E-state index is 0.819. The molecule has 0 aliphatic heterocycles. The van der Waals surface area contributed by atoms with Crippen LogP contribution in [0.4, 0.5) is 0 Å². The van der Waals surface area contributed by atoms with Crippen molar-refractivity contribution in [2.45, 2.75) is 0 Å². The Balaban J connectivity index is 2.57. The summed E-state index contributed by atoms with van der Waals surface area (Å²) in [6.07, 6.45) is 3.23. The van der Waals surface area contributed by atoms with Gasteiger partial charge >= 0.3 is 0 Å². The van der Waals surface area contributed by atoms with Crippen LogP contribution in [0.3, 0.4) is 0 Å². The lowest BCUT2D eigenvalue weighted by molar-refractivity contribution is 1.21. The summed E-state index contributed by atoms with van der Waals surface area (Å²) >= 11 is 1.52. The third kappa shape index (κ3) is 0.972. The highest BCUT2D eigenvalue weighted by molar-refractivity contribution is 7.16. The molecule has 0 N–H and O–H groups in total. The molecule has 0 aromatic carbocycles. The summed E-state index contributed by atoms with van der Waals surface area (Å²) in [6.45, 7) is 0. The van der Waals surface area contributed by atoms with Crippen LogP contribution in [0, 0.1) is 0 Å². The molecular formula is C8H4N4S. The molecule has 13 heavy (non-hydrogen) atoms.